The Labute approximate surface area is 159 Å². The van der Waals surface area contributed by atoms with Crippen LogP contribution in [0.25, 0.3) is 11.5 Å². The van der Waals surface area contributed by atoms with Gasteiger partial charge in [0.25, 0.3) is 5.89 Å². The second kappa shape index (κ2) is 7.67. The van der Waals surface area contributed by atoms with Gasteiger partial charge in [-0.05, 0) is 31.2 Å². The number of rotatable bonds is 5. The Morgan fingerprint density at radius 1 is 1.19 bits per heavy atom. The molecule has 8 nitrogen and oxygen atoms in total. The number of pyridine rings is 1. The highest BCUT2D eigenvalue weighted by Gasteiger charge is 2.13. The van der Waals surface area contributed by atoms with Crippen LogP contribution in [-0.4, -0.2) is 40.0 Å². The van der Waals surface area contributed by atoms with Gasteiger partial charge in [-0.25, -0.2) is 4.98 Å². The zero-order valence-electron chi connectivity index (χ0n) is 14.5. The zero-order chi connectivity index (χ0) is 18.6. The number of hydrogen-bond donors (Lipinski definition) is 1. The van der Waals surface area contributed by atoms with Crippen LogP contribution in [0, 0.1) is 6.92 Å². The summed E-state index contributed by atoms with van der Waals surface area (Å²) in [5, 5.41) is 7.32. The first-order valence-corrected chi connectivity index (χ1v) is 9.25. The average Bonchev–Trinajstić information content (AvgIpc) is 3.13. The molecule has 1 N–H and O–H groups in total. The Kier molecular flexibility index (Phi) is 4.93. The number of ether oxygens (including phenoxy) is 2. The van der Waals surface area contributed by atoms with Gasteiger partial charge in [0, 0.05) is 23.5 Å². The molecule has 3 heterocycles. The maximum Gasteiger partial charge on any atom is 0.258 e. The van der Waals surface area contributed by atoms with E-state index in [1.165, 1.54) is 11.8 Å². The van der Waals surface area contributed by atoms with Crippen molar-refractivity contribution in [3.63, 3.8) is 0 Å². The van der Waals surface area contributed by atoms with Crippen LogP contribution in [0.4, 0.5) is 5.69 Å². The van der Waals surface area contributed by atoms with Crippen molar-refractivity contribution < 1.29 is 18.8 Å². The molecule has 2 aromatic heterocycles. The number of benzene rings is 1. The molecule has 1 aromatic carbocycles. The van der Waals surface area contributed by atoms with E-state index in [1.54, 1.807) is 37.4 Å². The lowest BCUT2D eigenvalue weighted by atomic mass is 10.2. The van der Waals surface area contributed by atoms with Crippen molar-refractivity contribution in [2.45, 2.75) is 11.9 Å². The number of nitrogens with one attached hydrogen (secondary N) is 1. The van der Waals surface area contributed by atoms with Gasteiger partial charge in [0.1, 0.15) is 13.2 Å². The first-order chi connectivity index (χ1) is 13.2. The Bertz CT molecular complexity index is 976. The normalized spacial score (nSPS) is 12.6. The molecule has 0 radical (unpaired) electrons. The van der Waals surface area contributed by atoms with Crippen LogP contribution < -0.4 is 14.8 Å². The van der Waals surface area contributed by atoms with E-state index in [0.29, 0.717) is 47.1 Å². The Morgan fingerprint density at radius 2 is 2.04 bits per heavy atom. The van der Waals surface area contributed by atoms with Gasteiger partial charge >= 0.3 is 0 Å². The highest BCUT2D eigenvalue weighted by molar-refractivity contribution is 7.99. The summed E-state index contributed by atoms with van der Waals surface area (Å²) in [6.45, 7) is 2.79. The first kappa shape index (κ1) is 17.3. The maximum absolute atomic E-state index is 12.2. The van der Waals surface area contributed by atoms with E-state index < -0.39 is 0 Å². The van der Waals surface area contributed by atoms with Crippen LogP contribution in [-0.2, 0) is 4.79 Å². The SMILES string of the molecule is Cc1noc(-c2ccnc(SCC(=O)Nc3ccc4c(c3)OCCO4)c2)n1. The van der Waals surface area contributed by atoms with Crippen LogP contribution in [0.2, 0.25) is 0 Å². The summed E-state index contributed by atoms with van der Waals surface area (Å²) in [4.78, 5) is 20.7. The lowest BCUT2D eigenvalue weighted by Gasteiger charge is -2.18. The quantitative estimate of drug-likeness (QED) is 0.670. The minimum absolute atomic E-state index is 0.141. The molecule has 0 atom stereocenters. The van der Waals surface area contributed by atoms with Crippen LogP contribution in [0.3, 0.4) is 0 Å². The second-order valence-electron chi connectivity index (χ2n) is 5.72. The van der Waals surface area contributed by atoms with E-state index in [1.807, 2.05) is 6.07 Å². The number of anilines is 1. The van der Waals surface area contributed by atoms with Gasteiger partial charge in [0.15, 0.2) is 17.3 Å². The molecule has 0 unspecified atom stereocenters. The molecule has 4 rings (SSSR count). The minimum Gasteiger partial charge on any atom is -0.486 e. The summed E-state index contributed by atoms with van der Waals surface area (Å²) in [5.41, 5.74) is 1.42. The third kappa shape index (κ3) is 4.20. The summed E-state index contributed by atoms with van der Waals surface area (Å²) in [6.07, 6.45) is 1.65. The van der Waals surface area contributed by atoms with Gasteiger partial charge in [-0.15, -0.1) is 0 Å². The summed E-state index contributed by atoms with van der Waals surface area (Å²) in [5.74, 6) is 2.39. The summed E-state index contributed by atoms with van der Waals surface area (Å²) >= 11 is 1.32. The Hall–Kier alpha value is -3.07. The number of hydrogen-bond acceptors (Lipinski definition) is 8. The van der Waals surface area contributed by atoms with Crippen LogP contribution in [0.5, 0.6) is 11.5 Å². The molecule has 0 bridgehead atoms. The van der Waals surface area contributed by atoms with Gasteiger partial charge in [-0.3, -0.25) is 4.79 Å². The van der Waals surface area contributed by atoms with Crippen molar-refractivity contribution in [2.75, 3.05) is 24.3 Å². The number of thioether (sulfide) groups is 1. The molecule has 138 valence electrons. The van der Waals surface area contributed by atoms with E-state index in [2.05, 4.69) is 20.4 Å². The molecule has 0 aliphatic carbocycles. The molecule has 27 heavy (non-hydrogen) atoms. The van der Waals surface area contributed by atoms with Gasteiger partial charge in [-0.2, -0.15) is 4.98 Å². The van der Waals surface area contributed by atoms with E-state index in [9.17, 15) is 4.79 Å². The Balaban J connectivity index is 1.37. The number of aromatic nitrogens is 3. The monoisotopic (exact) mass is 384 g/mol. The fraction of sp³-hybridized carbons (Fsp3) is 0.222. The number of fused-ring (bicyclic) bond motifs is 1. The second-order valence-corrected chi connectivity index (χ2v) is 6.72. The molecule has 0 saturated carbocycles. The van der Waals surface area contributed by atoms with E-state index in [0.717, 1.165) is 5.56 Å². The maximum atomic E-state index is 12.2. The molecule has 0 spiro atoms. The smallest absolute Gasteiger partial charge is 0.258 e. The number of amides is 1. The van der Waals surface area contributed by atoms with Gasteiger partial charge in [-0.1, -0.05) is 16.9 Å². The molecule has 1 amide bonds. The molecule has 0 saturated heterocycles. The first-order valence-electron chi connectivity index (χ1n) is 8.26. The van der Waals surface area contributed by atoms with Crippen molar-refractivity contribution in [3.8, 4) is 23.0 Å². The van der Waals surface area contributed by atoms with Crippen molar-refractivity contribution in [1.29, 1.82) is 0 Å². The molecule has 3 aromatic rings. The molecule has 1 aliphatic rings. The average molecular weight is 384 g/mol. The van der Waals surface area contributed by atoms with Crippen molar-refractivity contribution in [3.05, 3.63) is 42.4 Å². The number of carbonyl (C=O) groups is 1. The molecule has 1 aliphatic heterocycles. The highest BCUT2D eigenvalue weighted by atomic mass is 32.2. The lowest BCUT2D eigenvalue weighted by Crippen LogP contribution is -2.17. The topological polar surface area (TPSA) is 99.4 Å². The third-order valence-corrected chi connectivity index (χ3v) is 4.61. The molecular formula is C18H16N4O4S. The number of carbonyl (C=O) groups excluding carboxylic acids is 1. The van der Waals surface area contributed by atoms with Crippen LogP contribution >= 0.6 is 11.8 Å². The number of aryl methyl sites for hydroxylation is 1. The minimum atomic E-state index is -0.141. The van der Waals surface area contributed by atoms with Crippen LogP contribution in [0.1, 0.15) is 5.82 Å². The van der Waals surface area contributed by atoms with Gasteiger partial charge < -0.3 is 19.3 Å². The number of nitrogens with zero attached hydrogens (tertiary/aromatic N) is 3. The summed E-state index contributed by atoms with van der Waals surface area (Å²) in [6, 6.07) is 8.93. The predicted molar refractivity (Wildman–Crippen MR) is 99.1 cm³/mol. The zero-order valence-corrected chi connectivity index (χ0v) is 15.3. The van der Waals surface area contributed by atoms with Gasteiger partial charge in [0.05, 0.1) is 10.8 Å². The van der Waals surface area contributed by atoms with Gasteiger partial charge in [0.2, 0.25) is 5.91 Å². The fourth-order valence-corrected chi connectivity index (χ4v) is 3.19. The largest absolute Gasteiger partial charge is 0.486 e. The highest BCUT2D eigenvalue weighted by Crippen LogP contribution is 2.32. The van der Waals surface area contributed by atoms with Crippen molar-refractivity contribution in [1.82, 2.24) is 15.1 Å². The van der Waals surface area contributed by atoms with E-state index in [-0.39, 0.29) is 11.7 Å². The fourth-order valence-electron chi connectivity index (χ4n) is 2.49. The molecule has 9 heteroatoms. The van der Waals surface area contributed by atoms with E-state index in [4.69, 9.17) is 14.0 Å². The predicted octanol–water partition coefficient (Wildman–Crippen LogP) is 2.94. The summed E-state index contributed by atoms with van der Waals surface area (Å²) in [7, 11) is 0. The Morgan fingerprint density at radius 3 is 2.85 bits per heavy atom. The standard InChI is InChI=1S/C18H16N4O4S/c1-11-20-18(26-22-11)12-4-5-19-17(8-12)27-10-16(23)21-13-2-3-14-15(9-13)25-7-6-24-14/h2-5,8-9H,6-7,10H2,1H3,(H,21,23). The molecule has 0 fully saturated rings. The molecular weight excluding hydrogens is 368 g/mol. The lowest BCUT2D eigenvalue weighted by molar-refractivity contribution is -0.113. The third-order valence-electron chi connectivity index (χ3n) is 3.69. The summed E-state index contributed by atoms with van der Waals surface area (Å²) < 4.78 is 16.1. The van der Waals surface area contributed by atoms with Crippen LogP contribution in [0.15, 0.2) is 46.1 Å². The van der Waals surface area contributed by atoms with Crippen molar-refractivity contribution >= 4 is 23.4 Å². The van der Waals surface area contributed by atoms with E-state index >= 15 is 0 Å². The van der Waals surface area contributed by atoms with Crippen molar-refractivity contribution in [2.24, 2.45) is 0 Å².